The highest BCUT2D eigenvalue weighted by atomic mass is 16.5. The number of aryl methyl sites for hydroxylation is 1. The zero-order valence-corrected chi connectivity index (χ0v) is 15.0. The van der Waals surface area contributed by atoms with Crippen molar-refractivity contribution >= 4 is 11.9 Å². The molecule has 0 unspecified atom stereocenters. The van der Waals surface area contributed by atoms with E-state index in [9.17, 15) is 9.59 Å². The van der Waals surface area contributed by atoms with Crippen molar-refractivity contribution in [1.29, 1.82) is 0 Å². The van der Waals surface area contributed by atoms with Crippen molar-refractivity contribution in [2.45, 2.75) is 26.5 Å². The molecule has 3 aromatic rings. The second-order valence-corrected chi connectivity index (χ2v) is 6.07. The first-order valence-electron chi connectivity index (χ1n) is 8.44. The second kappa shape index (κ2) is 8.27. The molecule has 27 heavy (non-hydrogen) atoms. The molecule has 0 aliphatic carbocycles. The first-order valence-corrected chi connectivity index (χ1v) is 8.44. The van der Waals surface area contributed by atoms with Crippen LogP contribution in [0, 0.1) is 6.92 Å². The quantitative estimate of drug-likeness (QED) is 0.675. The fourth-order valence-electron chi connectivity index (χ4n) is 2.37. The Kier molecular flexibility index (Phi) is 5.61. The molecule has 1 N–H and O–H groups in total. The van der Waals surface area contributed by atoms with Gasteiger partial charge in [-0.2, -0.15) is 0 Å². The number of benzene rings is 2. The molecule has 2 aromatic carbocycles. The van der Waals surface area contributed by atoms with E-state index in [1.165, 1.54) is 13.3 Å². The van der Waals surface area contributed by atoms with Crippen molar-refractivity contribution < 1.29 is 18.7 Å². The molecule has 0 saturated carbocycles. The van der Waals surface area contributed by atoms with Gasteiger partial charge in [0.05, 0.1) is 5.56 Å². The van der Waals surface area contributed by atoms with Gasteiger partial charge in [-0.15, -0.1) is 10.2 Å². The van der Waals surface area contributed by atoms with Crippen LogP contribution in [-0.2, 0) is 16.1 Å². The predicted molar refractivity (Wildman–Crippen MR) is 97.6 cm³/mol. The van der Waals surface area contributed by atoms with Gasteiger partial charge >= 0.3 is 5.97 Å². The molecular formula is C20H19N3O4. The second-order valence-electron chi connectivity index (χ2n) is 6.07. The third kappa shape index (κ3) is 4.78. The fraction of sp³-hybridized carbons (Fsp3) is 0.200. The molecule has 1 atom stereocenters. The van der Waals surface area contributed by atoms with E-state index in [1.54, 1.807) is 24.3 Å². The lowest BCUT2D eigenvalue weighted by molar-refractivity contribution is -0.129. The molecular weight excluding hydrogens is 346 g/mol. The molecule has 0 bridgehead atoms. The predicted octanol–water partition coefficient (Wildman–Crippen LogP) is 2.91. The summed E-state index contributed by atoms with van der Waals surface area (Å²) in [6.07, 6.45) is 0.326. The van der Waals surface area contributed by atoms with Gasteiger partial charge in [-0.05, 0) is 43.7 Å². The van der Waals surface area contributed by atoms with Crippen LogP contribution in [0.5, 0.6) is 0 Å². The molecule has 0 saturated heterocycles. The Bertz CT molecular complexity index is 903. The number of nitrogens with one attached hydrogen (secondary N) is 1. The standard InChI is InChI=1S/C20H19N3O4/c1-13-3-5-15(6-4-13)11-21-18(24)14(2)27-20(25)17-9-7-16(8-10-17)19-23-22-12-26-19/h3-10,12,14H,11H2,1-2H3,(H,21,24)/t14-/m1/s1. The van der Waals surface area contributed by atoms with Crippen LogP contribution in [-0.4, -0.2) is 28.2 Å². The average molecular weight is 365 g/mol. The molecule has 0 radical (unpaired) electrons. The number of esters is 1. The lowest BCUT2D eigenvalue weighted by Crippen LogP contribution is -2.35. The van der Waals surface area contributed by atoms with Crippen LogP contribution in [0.25, 0.3) is 11.5 Å². The zero-order valence-electron chi connectivity index (χ0n) is 15.0. The van der Waals surface area contributed by atoms with E-state index in [4.69, 9.17) is 9.15 Å². The first kappa shape index (κ1) is 18.3. The van der Waals surface area contributed by atoms with Gasteiger partial charge in [0.25, 0.3) is 5.91 Å². The molecule has 1 amide bonds. The highest BCUT2D eigenvalue weighted by molar-refractivity contribution is 5.92. The fourth-order valence-corrected chi connectivity index (χ4v) is 2.37. The lowest BCUT2D eigenvalue weighted by Gasteiger charge is -2.14. The van der Waals surface area contributed by atoms with Crippen molar-refractivity contribution in [2.24, 2.45) is 0 Å². The van der Waals surface area contributed by atoms with Crippen molar-refractivity contribution in [1.82, 2.24) is 15.5 Å². The highest BCUT2D eigenvalue weighted by Crippen LogP contribution is 2.17. The molecule has 138 valence electrons. The number of rotatable bonds is 6. The van der Waals surface area contributed by atoms with E-state index in [1.807, 2.05) is 31.2 Å². The number of carbonyl (C=O) groups excluding carboxylic acids is 2. The van der Waals surface area contributed by atoms with Gasteiger partial charge in [-0.1, -0.05) is 29.8 Å². The minimum atomic E-state index is -0.904. The van der Waals surface area contributed by atoms with Crippen molar-refractivity contribution in [3.63, 3.8) is 0 Å². The molecule has 3 rings (SSSR count). The number of amides is 1. The average Bonchev–Trinajstić information content (AvgIpc) is 3.22. The monoisotopic (exact) mass is 365 g/mol. The van der Waals surface area contributed by atoms with Gasteiger partial charge in [0, 0.05) is 12.1 Å². The summed E-state index contributed by atoms with van der Waals surface area (Å²) in [6, 6.07) is 14.3. The third-order valence-corrected chi connectivity index (χ3v) is 3.97. The molecule has 1 aromatic heterocycles. The Morgan fingerprint density at radius 2 is 1.81 bits per heavy atom. The molecule has 0 fully saturated rings. The smallest absolute Gasteiger partial charge is 0.338 e. The van der Waals surface area contributed by atoms with Gasteiger partial charge in [-0.3, -0.25) is 4.79 Å². The van der Waals surface area contributed by atoms with E-state index >= 15 is 0 Å². The molecule has 0 aliphatic rings. The zero-order chi connectivity index (χ0) is 19.2. The third-order valence-electron chi connectivity index (χ3n) is 3.97. The molecule has 0 aliphatic heterocycles. The van der Waals surface area contributed by atoms with E-state index in [-0.39, 0.29) is 5.91 Å². The Morgan fingerprint density at radius 3 is 2.44 bits per heavy atom. The van der Waals surface area contributed by atoms with Gasteiger partial charge in [0.15, 0.2) is 6.10 Å². The maximum atomic E-state index is 12.2. The van der Waals surface area contributed by atoms with Gasteiger partial charge in [-0.25, -0.2) is 4.79 Å². The van der Waals surface area contributed by atoms with Gasteiger partial charge < -0.3 is 14.5 Å². The van der Waals surface area contributed by atoms with Crippen LogP contribution in [0.2, 0.25) is 0 Å². The molecule has 7 heteroatoms. The van der Waals surface area contributed by atoms with Crippen LogP contribution < -0.4 is 5.32 Å². The van der Waals surface area contributed by atoms with Crippen LogP contribution in [0.3, 0.4) is 0 Å². The van der Waals surface area contributed by atoms with E-state index in [2.05, 4.69) is 15.5 Å². The molecule has 1 heterocycles. The minimum absolute atomic E-state index is 0.330. The highest BCUT2D eigenvalue weighted by Gasteiger charge is 2.19. The van der Waals surface area contributed by atoms with E-state index in [0.29, 0.717) is 23.6 Å². The van der Waals surface area contributed by atoms with Crippen LogP contribution in [0.15, 0.2) is 59.3 Å². The summed E-state index contributed by atoms with van der Waals surface area (Å²) in [5, 5.41) is 10.2. The Balaban J connectivity index is 1.53. The Hall–Kier alpha value is -3.48. The molecule has 7 nitrogen and oxygen atoms in total. The van der Waals surface area contributed by atoms with Gasteiger partial charge in [0.1, 0.15) is 0 Å². The summed E-state index contributed by atoms with van der Waals surface area (Å²) < 4.78 is 10.3. The SMILES string of the molecule is Cc1ccc(CNC(=O)[C@@H](C)OC(=O)c2ccc(-c3nnco3)cc2)cc1. The minimum Gasteiger partial charge on any atom is -0.449 e. The summed E-state index contributed by atoms with van der Waals surface area (Å²) in [7, 11) is 0. The van der Waals surface area contributed by atoms with Crippen molar-refractivity contribution in [2.75, 3.05) is 0 Å². The lowest BCUT2D eigenvalue weighted by atomic mass is 10.1. The number of carbonyl (C=O) groups is 2. The maximum absolute atomic E-state index is 12.2. The van der Waals surface area contributed by atoms with Crippen LogP contribution in [0.4, 0.5) is 0 Å². The van der Waals surface area contributed by atoms with E-state index in [0.717, 1.165) is 11.1 Å². The van der Waals surface area contributed by atoms with Crippen LogP contribution >= 0.6 is 0 Å². The Morgan fingerprint density at radius 1 is 1.11 bits per heavy atom. The van der Waals surface area contributed by atoms with Crippen molar-refractivity contribution in [3.05, 3.63) is 71.6 Å². The van der Waals surface area contributed by atoms with E-state index < -0.39 is 12.1 Å². The molecule has 0 spiro atoms. The summed E-state index contributed by atoms with van der Waals surface area (Å²) in [5.74, 6) is -0.574. The van der Waals surface area contributed by atoms with Gasteiger partial charge in [0.2, 0.25) is 12.3 Å². The summed E-state index contributed by atoms with van der Waals surface area (Å²) in [5.41, 5.74) is 3.14. The number of ether oxygens (including phenoxy) is 1. The first-order chi connectivity index (χ1) is 13.0. The number of nitrogens with zero attached hydrogens (tertiary/aromatic N) is 2. The number of hydrogen-bond acceptors (Lipinski definition) is 6. The number of hydrogen-bond donors (Lipinski definition) is 1. The topological polar surface area (TPSA) is 94.3 Å². The van der Waals surface area contributed by atoms with Crippen molar-refractivity contribution in [3.8, 4) is 11.5 Å². The summed E-state index contributed by atoms with van der Waals surface area (Å²) in [6.45, 7) is 3.91. The van der Waals surface area contributed by atoms with Crippen LogP contribution in [0.1, 0.15) is 28.4 Å². The number of aromatic nitrogens is 2. The maximum Gasteiger partial charge on any atom is 0.338 e. The summed E-state index contributed by atoms with van der Waals surface area (Å²) >= 11 is 0. The normalized spacial score (nSPS) is 11.6. The Labute approximate surface area is 156 Å². The summed E-state index contributed by atoms with van der Waals surface area (Å²) in [4.78, 5) is 24.4. The largest absolute Gasteiger partial charge is 0.449 e.